The van der Waals surface area contributed by atoms with Crippen LogP contribution in [-0.4, -0.2) is 50.6 Å². The van der Waals surface area contributed by atoms with E-state index < -0.39 is 23.9 Å². The Morgan fingerprint density at radius 2 is 1.96 bits per heavy atom. The maximum absolute atomic E-state index is 12.7. The number of hydrogen-bond donors (Lipinski definition) is 1. The van der Waals surface area contributed by atoms with Gasteiger partial charge in [0.15, 0.2) is 17.3 Å². The molecule has 1 aliphatic carbocycles. The second-order valence-electron chi connectivity index (χ2n) is 5.80. The molecule has 0 saturated carbocycles. The van der Waals surface area contributed by atoms with Gasteiger partial charge in [-0.15, -0.1) is 0 Å². The number of amides is 1. The third kappa shape index (κ3) is 3.76. The molecule has 0 aromatic heterocycles. The fourth-order valence-corrected chi connectivity index (χ4v) is 2.67. The summed E-state index contributed by atoms with van der Waals surface area (Å²) in [7, 11) is 4.62. The fourth-order valence-electron chi connectivity index (χ4n) is 2.67. The van der Waals surface area contributed by atoms with Crippen molar-refractivity contribution in [2.75, 3.05) is 27.8 Å². The number of alkyl halides is 3. The third-order valence-corrected chi connectivity index (χ3v) is 3.69. The number of ketones is 1. The fraction of sp³-hybridized carbons (Fsp3) is 0.412. The Morgan fingerprint density at radius 1 is 1.31 bits per heavy atom. The van der Waals surface area contributed by atoms with Gasteiger partial charge in [-0.25, -0.2) is 0 Å². The minimum atomic E-state index is -5.07. The summed E-state index contributed by atoms with van der Waals surface area (Å²) >= 11 is 0. The molecule has 0 radical (unpaired) electrons. The van der Waals surface area contributed by atoms with Gasteiger partial charge in [0, 0.05) is 31.4 Å². The van der Waals surface area contributed by atoms with Crippen LogP contribution in [0, 0.1) is 0 Å². The van der Waals surface area contributed by atoms with Gasteiger partial charge in [-0.05, 0) is 24.6 Å². The molecule has 0 bridgehead atoms. The summed E-state index contributed by atoms with van der Waals surface area (Å²) < 4.78 is 48.7. The van der Waals surface area contributed by atoms with E-state index in [2.05, 4.69) is 0 Å². The smallest absolute Gasteiger partial charge is 0.471 e. The van der Waals surface area contributed by atoms with Crippen molar-refractivity contribution in [3.63, 3.8) is 0 Å². The highest BCUT2D eigenvalue weighted by atomic mass is 19.4. The first-order chi connectivity index (χ1) is 12.1. The van der Waals surface area contributed by atoms with Crippen molar-refractivity contribution in [2.24, 2.45) is 0 Å². The van der Waals surface area contributed by atoms with Gasteiger partial charge in [0.1, 0.15) is 0 Å². The number of carbonyl (C=O) groups excluding carboxylic acids is 2. The number of fused-ring (bicyclic) bond motifs is 1. The van der Waals surface area contributed by atoms with Gasteiger partial charge in [0.05, 0.1) is 19.8 Å². The van der Waals surface area contributed by atoms with E-state index in [0.717, 1.165) is 0 Å². The van der Waals surface area contributed by atoms with E-state index in [1.54, 1.807) is 21.0 Å². The van der Waals surface area contributed by atoms with Gasteiger partial charge in [-0.2, -0.15) is 13.2 Å². The van der Waals surface area contributed by atoms with Gasteiger partial charge in [-0.1, -0.05) is 0 Å². The topological polar surface area (TPSA) is 67.9 Å². The zero-order valence-electron chi connectivity index (χ0n) is 14.7. The number of ether oxygens (including phenoxy) is 2. The highest BCUT2D eigenvalue weighted by Gasteiger charge is 2.44. The van der Waals surface area contributed by atoms with Crippen LogP contribution in [0.25, 0.3) is 0 Å². The summed E-state index contributed by atoms with van der Waals surface area (Å²) in [6.07, 6.45) is -3.68. The van der Waals surface area contributed by atoms with Crippen molar-refractivity contribution in [3.8, 4) is 11.5 Å². The average Bonchev–Trinajstić information content (AvgIpc) is 2.78. The molecule has 2 rings (SSSR count). The second kappa shape index (κ2) is 7.27. The number of rotatable bonds is 5. The van der Waals surface area contributed by atoms with Gasteiger partial charge in [0.2, 0.25) is 0 Å². The second-order valence-corrected chi connectivity index (χ2v) is 5.80. The largest absolute Gasteiger partial charge is 0.493 e. The molecule has 0 spiro atoms. The van der Waals surface area contributed by atoms with Gasteiger partial charge in [0.25, 0.3) is 0 Å². The van der Waals surface area contributed by atoms with E-state index in [0.29, 0.717) is 12.4 Å². The normalized spacial score (nSPS) is 17.9. The van der Waals surface area contributed by atoms with E-state index in [1.165, 1.54) is 30.3 Å². The van der Waals surface area contributed by atoms with E-state index in [1.807, 2.05) is 5.32 Å². The number of Topliss-reactive ketones (excluding diaryl/α,β-unsaturated/α-hetero) is 1. The highest BCUT2D eigenvalue weighted by molar-refractivity contribution is 6.15. The molecular formula is C17H19F3N2O4. The Bertz CT molecular complexity index is 757. The van der Waals surface area contributed by atoms with Crippen LogP contribution in [0.4, 0.5) is 13.2 Å². The number of nitrogens with zero attached hydrogens (tertiary/aromatic N) is 1. The first-order valence-electron chi connectivity index (χ1n) is 7.75. The quantitative estimate of drug-likeness (QED) is 0.805. The van der Waals surface area contributed by atoms with Crippen LogP contribution >= 0.6 is 0 Å². The molecule has 1 aromatic rings. The lowest BCUT2D eigenvalue weighted by molar-refractivity contribution is -0.174. The zero-order chi connectivity index (χ0) is 19.6. The van der Waals surface area contributed by atoms with Crippen molar-refractivity contribution in [1.29, 1.82) is 0 Å². The zero-order valence-corrected chi connectivity index (χ0v) is 14.7. The first kappa shape index (κ1) is 19.6. The SMILES string of the molecule is CCOc1cc2c(cc1OC)[C@H](NC(=O)C(F)(F)F)/C(=C/N(C)C)C2=O. The molecule has 1 aromatic carbocycles. The molecule has 0 aliphatic heterocycles. The molecule has 0 unspecified atom stereocenters. The van der Waals surface area contributed by atoms with Crippen molar-refractivity contribution in [2.45, 2.75) is 19.1 Å². The highest BCUT2D eigenvalue weighted by Crippen LogP contribution is 2.42. The Hall–Kier alpha value is -2.71. The van der Waals surface area contributed by atoms with Crippen LogP contribution < -0.4 is 14.8 Å². The Labute approximate surface area is 148 Å². The molecule has 0 fully saturated rings. The van der Waals surface area contributed by atoms with Crippen LogP contribution in [0.3, 0.4) is 0 Å². The van der Waals surface area contributed by atoms with Crippen molar-refractivity contribution in [3.05, 3.63) is 35.0 Å². The average molecular weight is 372 g/mol. The molecule has 1 N–H and O–H groups in total. The van der Waals surface area contributed by atoms with E-state index >= 15 is 0 Å². The Balaban J connectivity index is 2.58. The molecule has 0 saturated heterocycles. The van der Waals surface area contributed by atoms with Gasteiger partial charge in [-0.3, -0.25) is 9.59 Å². The third-order valence-electron chi connectivity index (χ3n) is 3.69. The minimum Gasteiger partial charge on any atom is -0.493 e. The molecular weight excluding hydrogens is 353 g/mol. The molecule has 1 aliphatic rings. The predicted molar refractivity (Wildman–Crippen MR) is 87.2 cm³/mol. The number of hydrogen-bond acceptors (Lipinski definition) is 5. The van der Waals surface area contributed by atoms with Crippen LogP contribution in [0.15, 0.2) is 23.9 Å². The standard InChI is InChI=1S/C17H19F3N2O4/c1-5-26-13-7-10-9(6-12(13)25-4)14(21-16(24)17(18,19)20)11(15(10)23)8-22(2)3/h6-8,14H,5H2,1-4H3,(H,21,24)/b11-8-/t14-/m0/s1. The van der Waals surface area contributed by atoms with Crippen LogP contribution in [-0.2, 0) is 4.79 Å². The molecule has 26 heavy (non-hydrogen) atoms. The summed E-state index contributed by atoms with van der Waals surface area (Å²) in [5.74, 6) is -2.05. The van der Waals surface area contributed by atoms with Crippen LogP contribution in [0.1, 0.15) is 28.9 Å². The number of carbonyl (C=O) groups is 2. The summed E-state index contributed by atoms with van der Waals surface area (Å²) in [5, 5.41) is 1.89. The number of halogens is 3. The number of benzene rings is 1. The van der Waals surface area contributed by atoms with Crippen LogP contribution in [0.5, 0.6) is 11.5 Å². The summed E-state index contributed by atoms with van der Waals surface area (Å²) in [4.78, 5) is 25.7. The van der Waals surface area contributed by atoms with Crippen molar-refractivity contribution < 1.29 is 32.2 Å². The molecule has 1 atom stereocenters. The van der Waals surface area contributed by atoms with E-state index in [4.69, 9.17) is 9.47 Å². The predicted octanol–water partition coefficient (Wildman–Crippen LogP) is 2.46. The molecule has 142 valence electrons. The summed E-state index contributed by atoms with van der Waals surface area (Å²) in [6.45, 7) is 2.07. The lowest BCUT2D eigenvalue weighted by Gasteiger charge is -2.19. The van der Waals surface area contributed by atoms with Crippen molar-refractivity contribution >= 4 is 11.7 Å². The van der Waals surface area contributed by atoms with Gasteiger partial charge >= 0.3 is 12.1 Å². The Kier molecular flexibility index (Phi) is 5.48. The lowest BCUT2D eigenvalue weighted by atomic mass is 10.1. The van der Waals surface area contributed by atoms with E-state index in [-0.39, 0.29) is 22.4 Å². The Morgan fingerprint density at radius 3 is 2.46 bits per heavy atom. The maximum Gasteiger partial charge on any atom is 0.471 e. The summed E-state index contributed by atoms with van der Waals surface area (Å²) in [6, 6.07) is 1.60. The summed E-state index contributed by atoms with van der Waals surface area (Å²) in [5.41, 5.74) is 0.411. The maximum atomic E-state index is 12.7. The molecule has 9 heteroatoms. The molecule has 6 nitrogen and oxygen atoms in total. The first-order valence-corrected chi connectivity index (χ1v) is 7.75. The number of methoxy groups -OCH3 is 1. The van der Waals surface area contributed by atoms with Crippen LogP contribution in [0.2, 0.25) is 0 Å². The van der Waals surface area contributed by atoms with Crippen molar-refractivity contribution in [1.82, 2.24) is 10.2 Å². The molecule has 1 amide bonds. The molecule has 0 heterocycles. The number of nitrogens with one attached hydrogen (secondary N) is 1. The van der Waals surface area contributed by atoms with Gasteiger partial charge < -0.3 is 19.7 Å². The van der Waals surface area contributed by atoms with E-state index in [9.17, 15) is 22.8 Å². The minimum absolute atomic E-state index is 0.0262. The monoisotopic (exact) mass is 372 g/mol. The lowest BCUT2D eigenvalue weighted by Crippen LogP contribution is -2.39.